The Morgan fingerprint density at radius 1 is 0.537 bits per heavy atom. The Labute approximate surface area is 330 Å². The number of rotatable bonds is 5. The maximum atomic E-state index is 6.95. The number of para-hydroxylation sites is 1. The van der Waals surface area contributed by atoms with E-state index in [1.807, 2.05) is 12.1 Å². The molecule has 0 fully saturated rings. The van der Waals surface area contributed by atoms with Crippen molar-refractivity contribution in [1.82, 2.24) is 0 Å². The highest BCUT2D eigenvalue weighted by Gasteiger charge is 2.44. The third kappa shape index (κ3) is 4.84. The summed E-state index contributed by atoms with van der Waals surface area (Å²) in [6.07, 6.45) is 6.42. The van der Waals surface area contributed by atoms with Gasteiger partial charge in [-0.05, 0) is 135 Å². The van der Waals surface area contributed by atoms with Gasteiger partial charge >= 0.3 is 0 Å². The molecule has 0 N–H and O–H groups in total. The smallest absolute Gasteiger partial charge is 0.0536 e. The molecule has 0 radical (unpaired) electrons. The number of fused-ring (bicyclic) bond motifs is 9. The van der Waals surface area contributed by atoms with E-state index in [0.29, 0.717) is 0 Å². The van der Waals surface area contributed by atoms with Gasteiger partial charge in [0.05, 0.1) is 5.69 Å². The van der Waals surface area contributed by atoms with Crippen molar-refractivity contribution in [2.24, 2.45) is 0 Å². The molecule has 0 saturated heterocycles. The van der Waals surface area contributed by atoms with Crippen molar-refractivity contribution >= 4 is 45.8 Å². The minimum absolute atomic E-state index is 0.115. The average Bonchev–Trinajstić information content (AvgIpc) is 3.64. The monoisotopic (exact) mass is 741 g/mol. The van der Waals surface area contributed by atoms with Crippen molar-refractivity contribution in [2.45, 2.75) is 71.6 Å². The molecule has 3 aliphatic carbocycles. The molecular formula is C51H45Cl2N. The second-order valence-electron chi connectivity index (χ2n) is 16.8. The molecule has 3 aliphatic rings. The Bertz CT molecular complexity index is 2630. The van der Waals surface area contributed by atoms with E-state index >= 15 is 0 Å². The Kier molecular flexibility index (Phi) is 7.82. The summed E-state index contributed by atoms with van der Waals surface area (Å²) in [5, 5.41) is 1.53. The van der Waals surface area contributed by atoms with Crippen LogP contribution in [0, 0.1) is 0 Å². The molecule has 0 saturated carbocycles. The lowest BCUT2D eigenvalue weighted by Crippen LogP contribution is -2.18. The molecule has 9 rings (SSSR count). The van der Waals surface area contributed by atoms with Gasteiger partial charge in [-0.3, -0.25) is 0 Å². The third-order valence-corrected chi connectivity index (χ3v) is 13.3. The Balaban J connectivity index is 1.24. The van der Waals surface area contributed by atoms with E-state index in [9.17, 15) is 0 Å². The van der Waals surface area contributed by atoms with Gasteiger partial charge in [0.25, 0.3) is 0 Å². The van der Waals surface area contributed by atoms with Crippen molar-refractivity contribution in [3.8, 4) is 33.4 Å². The maximum Gasteiger partial charge on any atom is 0.0536 e. The van der Waals surface area contributed by atoms with Gasteiger partial charge in [0.1, 0.15) is 0 Å². The molecule has 0 spiro atoms. The van der Waals surface area contributed by atoms with Crippen molar-refractivity contribution in [3.63, 3.8) is 0 Å². The van der Waals surface area contributed by atoms with Crippen LogP contribution >= 0.6 is 23.2 Å². The molecule has 0 amide bonds. The fourth-order valence-electron chi connectivity index (χ4n) is 9.78. The maximum absolute atomic E-state index is 6.95. The third-order valence-electron chi connectivity index (χ3n) is 12.7. The molecule has 6 aromatic rings. The van der Waals surface area contributed by atoms with Crippen LogP contribution in [-0.4, -0.2) is 0 Å². The summed E-state index contributed by atoms with van der Waals surface area (Å²) >= 11 is 13.8. The van der Waals surface area contributed by atoms with Crippen LogP contribution in [0.2, 0.25) is 10.0 Å². The van der Waals surface area contributed by atoms with Crippen molar-refractivity contribution in [2.75, 3.05) is 4.90 Å². The Hall–Kier alpha value is -4.82. The van der Waals surface area contributed by atoms with E-state index in [0.717, 1.165) is 38.2 Å². The first-order valence-electron chi connectivity index (χ1n) is 19.0. The normalized spacial score (nSPS) is 16.4. The van der Waals surface area contributed by atoms with Gasteiger partial charge in [0.2, 0.25) is 0 Å². The van der Waals surface area contributed by atoms with E-state index in [-0.39, 0.29) is 16.2 Å². The fourth-order valence-corrected chi connectivity index (χ4v) is 10.4. The van der Waals surface area contributed by atoms with Gasteiger partial charge in [-0.2, -0.15) is 0 Å². The minimum atomic E-state index is -0.269. The van der Waals surface area contributed by atoms with Gasteiger partial charge in [-0.1, -0.05) is 138 Å². The van der Waals surface area contributed by atoms with E-state index in [1.165, 1.54) is 66.8 Å². The highest BCUT2D eigenvalue weighted by molar-refractivity contribution is 6.36. The van der Waals surface area contributed by atoms with Gasteiger partial charge in [0, 0.05) is 48.8 Å². The summed E-state index contributed by atoms with van der Waals surface area (Å²) in [6, 6.07) is 40.6. The highest BCUT2D eigenvalue weighted by atomic mass is 35.5. The molecular weight excluding hydrogens is 697 g/mol. The lowest BCUT2D eigenvalue weighted by Gasteiger charge is -2.31. The summed E-state index contributed by atoms with van der Waals surface area (Å²) in [5.41, 5.74) is 20.5. The molecule has 3 heteroatoms. The summed E-state index contributed by atoms with van der Waals surface area (Å²) in [7, 11) is 0. The zero-order valence-corrected chi connectivity index (χ0v) is 33.8. The van der Waals surface area contributed by atoms with Crippen molar-refractivity contribution in [3.05, 3.63) is 176 Å². The van der Waals surface area contributed by atoms with Gasteiger partial charge < -0.3 is 4.90 Å². The summed E-state index contributed by atoms with van der Waals surface area (Å²) < 4.78 is 0. The van der Waals surface area contributed by atoms with Crippen LogP contribution in [0.15, 0.2) is 127 Å². The largest absolute Gasteiger partial charge is 0.310 e. The molecule has 54 heavy (non-hydrogen) atoms. The molecule has 268 valence electrons. The molecule has 6 aromatic carbocycles. The van der Waals surface area contributed by atoms with Gasteiger partial charge in [-0.25, -0.2) is 0 Å². The highest BCUT2D eigenvalue weighted by Crippen LogP contribution is 2.59. The van der Waals surface area contributed by atoms with Crippen LogP contribution in [0.5, 0.6) is 0 Å². The Morgan fingerprint density at radius 3 is 1.78 bits per heavy atom. The van der Waals surface area contributed by atoms with E-state index in [4.69, 9.17) is 23.2 Å². The quantitative estimate of drug-likeness (QED) is 0.159. The standard InChI is InChI=1S/C51H45Cl2N/c1-9-10-15-30(2)33-16-12-14-19-46(33)54(31-20-22-35-34-17-11-13-18-39(34)49(3,4)40(35)26-31)32-21-23-36-37-28-43-38(29-42(37)50(5,6)41(36)27-32)47-44(52)24-25-45(53)48(47)51(43,7)8/h9-29H,1-8H3/b10-9-,30-15+. The molecule has 0 aromatic heterocycles. The first-order chi connectivity index (χ1) is 25.8. The van der Waals surface area contributed by atoms with E-state index < -0.39 is 0 Å². The second-order valence-corrected chi connectivity index (χ2v) is 17.6. The first kappa shape index (κ1) is 34.9. The van der Waals surface area contributed by atoms with Gasteiger partial charge in [-0.15, -0.1) is 0 Å². The number of benzene rings is 6. The lowest BCUT2D eigenvalue weighted by molar-refractivity contribution is 0.652. The molecule has 0 unspecified atom stereocenters. The number of halogens is 2. The number of anilines is 3. The van der Waals surface area contributed by atoms with Crippen LogP contribution in [0.4, 0.5) is 17.1 Å². The molecule has 1 nitrogen and oxygen atoms in total. The average molecular weight is 743 g/mol. The molecule has 0 atom stereocenters. The van der Waals surface area contributed by atoms with Crippen LogP contribution in [0.1, 0.15) is 94.3 Å². The number of allylic oxidation sites excluding steroid dienone is 4. The predicted octanol–water partition coefficient (Wildman–Crippen LogP) is 15.4. The van der Waals surface area contributed by atoms with Crippen LogP contribution in [-0.2, 0) is 16.2 Å². The summed E-state index contributed by atoms with van der Waals surface area (Å²) in [6.45, 7) is 18.3. The topological polar surface area (TPSA) is 3.24 Å². The number of nitrogens with zero attached hydrogens (tertiary/aromatic N) is 1. The number of hydrogen-bond acceptors (Lipinski definition) is 1. The molecule has 0 bridgehead atoms. The Morgan fingerprint density at radius 2 is 1.07 bits per heavy atom. The van der Waals surface area contributed by atoms with Crippen molar-refractivity contribution < 1.29 is 0 Å². The van der Waals surface area contributed by atoms with Crippen molar-refractivity contribution in [1.29, 1.82) is 0 Å². The lowest BCUT2D eigenvalue weighted by atomic mass is 9.79. The van der Waals surface area contributed by atoms with Crippen LogP contribution < -0.4 is 4.90 Å². The second kappa shape index (κ2) is 12.1. The van der Waals surface area contributed by atoms with E-state index in [1.54, 1.807) is 0 Å². The first-order valence-corrected chi connectivity index (χ1v) is 19.8. The fraction of sp³-hybridized carbons (Fsp3) is 0.216. The summed E-state index contributed by atoms with van der Waals surface area (Å²) in [4.78, 5) is 2.47. The zero-order valence-electron chi connectivity index (χ0n) is 32.3. The number of hydrogen-bond donors (Lipinski definition) is 0. The minimum Gasteiger partial charge on any atom is -0.310 e. The zero-order chi connectivity index (χ0) is 37.9. The summed E-state index contributed by atoms with van der Waals surface area (Å²) in [5.74, 6) is 0. The SMILES string of the molecule is C/C=C\C=C(/C)c1ccccc1N(c1ccc2c(c1)C(C)(C)c1ccccc1-2)c1ccc2c(c1)C(C)(C)c1cc3c(cc1-2)C(C)(C)c1c(Cl)ccc(Cl)c1-3. The molecule has 0 heterocycles. The van der Waals surface area contributed by atoms with Crippen LogP contribution in [0.3, 0.4) is 0 Å². The van der Waals surface area contributed by atoms with E-state index in [2.05, 4.69) is 176 Å². The van der Waals surface area contributed by atoms with Gasteiger partial charge in [0.15, 0.2) is 0 Å². The predicted molar refractivity (Wildman–Crippen MR) is 232 cm³/mol. The molecule has 0 aliphatic heterocycles. The van der Waals surface area contributed by atoms with Crippen LogP contribution in [0.25, 0.3) is 39.0 Å².